The second kappa shape index (κ2) is 6.19. The van der Waals surface area contributed by atoms with E-state index in [9.17, 15) is 4.79 Å². The van der Waals surface area contributed by atoms with Gasteiger partial charge >= 0.3 is 5.97 Å². The summed E-state index contributed by atoms with van der Waals surface area (Å²) in [4.78, 5) is 11.4. The highest BCUT2D eigenvalue weighted by Gasteiger charge is 2.15. The Morgan fingerprint density at radius 2 is 2.25 bits per heavy atom. The summed E-state index contributed by atoms with van der Waals surface area (Å²) in [5, 5.41) is 10.9. The fourth-order valence-corrected chi connectivity index (χ4v) is 1.35. The number of esters is 1. The molecule has 0 bridgehead atoms. The molecule has 6 heteroatoms. The standard InChI is InChI=1S/C10H18N4O2/c1-4-16-10(15)9-11-12-13-14(9)7-5-6-8(2)3/h8H,4-7H2,1-3H3. The molecule has 1 aromatic rings. The minimum absolute atomic E-state index is 0.186. The highest BCUT2D eigenvalue weighted by Crippen LogP contribution is 2.06. The van der Waals surface area contributed by atoms with Crippen molar-refractivity contribution in [3.05, 3.63) is 5.82 Å². The Labute approximate surface area is 95.0 Å². The summed E-state index contributed by atoms with van der Waals surface area (Å²) in [7, 11) is 0. The number of aryl methyl sites for hydroxylation is 1. The fraction of sp³-hybridized carbons (Fsp3) is 0.800. The highest BCUT2D eigenvalue weighted by atomic mass is 16.5. The van der Waals surface area contributed by atoms with Gasteiger partial charge in [-0.2, -0.15) is 0 Å². The summed E-state index contributed by atoms with van der Waals surface area (Å²) < 4.78 is 6.35. The molecule has 1 aromatic heterocycles. The Hall–Kier alpha value is -1.46. The van der Waals surface area contributed by atoms with Crippen molar-refractivity contribution in [3.63, 3.8) is 0 Å². The van der Waals surface area contributed by atoms with Gasteiger partial charge in [0.15, 0.2) is 0 Å². The van der Waals surface area contributed by atoms with Crippen LogP contribution in [0.2, 0.25) is 0 Å². The van der Waals surface area contributed by atoms with E-state index >= 15 is 0 Å². The fourth-order valence-electron chi connectivity index (χ4n) is 1.35. The molecule has 16 heavy (non-hydrogen) atoms. The molecule has 6 nitrogen and oxygen atoms in total. The van der Waals surface area contributed by atoms with Crippen LogP contribution in [0.1, 0.15) is 44.2 Å². The second-order valence-electron chi connectivity index (χ2n) is 3.98. The van der Waals surface area contributed by atoms with Crippen molar-refractivity contribution in [2.24, 2.45) is 5.92 Å². The SMILES string of the molecule is CCOC(=O)c1nnnn1CCCC(C)C. The first-order chi connectivity index (χ1) is 7.65. The zero-order valence-electron chi connectivity index (χ0n) is 10.0. The molecule has 0 aliphatic carbocycles. The predicted molar refractivity (Wildman–Crippen MR) is 57.8 cm³/mol. The molecular formula is C10H18N4O2. The van der Waals surface area contributed by atoms with Crippen LogP contribution in [0.4, 0.5) is 0 Å². The zero-order chi connectivity index (χ0) is 12.0. The van der Waals surface area contributed by atoms with Gasteiger partial charge in [0.1, 0.15) is 0 Å². The van der Waals surface area contributed by atoms with Crippen molar-refractivity contribution >= 4 is 5.97 Å². The summed E-state index contributed by atoms with van der Waals surface area (Å²) in [5.41, 5.74) is 0. The molecule has 0 fully saturated rings. The van der Waals surface area contributed by atoms with E-state index in [0.29, 0.717) is 19.1 Å². The average molecular weight is 226 g/mol. The Kier molecular flexibility index (Phi) is 4.88. The molecule has 90 valence electrons. The van der Waals surface area contributed by atoms with Crippen LogP contribution in [0.5, 0.6) is 0 Å². The first-order valence-corrected chi connectivity index (χ1v) is 5.58. The van der Waals surface area contributed by atoms with Gasteiger partial charge in [0, 0.05) is 6.54 Å². The van der Waals surface area contributed by atoms with Gasteiger partial charge in [-0.25, -0.2) is 9.48 Å². The highest BCUT2D eigenvalue weighted by molar-refractivity contribution is 5.85. The number of nitrogens with zero attached hydrogens (tertiary/aromatic N) is 4. The maximum absolute atomic E-state index is 11.4. The first-order valence-electron chi connectivity index (χ1n) is 5.58. The molecule has 1 heterocycles. The molecular weight excluding hydrogens is 208 g/mol. The largest absolute Gasteiger partial charge is 0.460 e. The Morgan fingerprint density at radius 1 is 1.50 bits per heavy atom. The lowest BCUT2D eigenvalue weighted by molar-refractivity contribution is 0.0504. The molecule has 0 amide bonds. The van der Waals surface area contributed by atoms with Gasteiger partial charge in [0.2, 0.25) is 0 Å². The predicted octanol–water partition coefficient (Wildman–Crippen LogP) is 1.29. The number of rotatable bonds is 6. The van der Waals surface area contributed by atoms with Crippen LogP contribution in [0.3, 0.4) is 0 Å². The van der Waals surface area contributed by atoms with E-state index in [0.717, 1.165) is 12.8 Å². The molecule has 1 rings (SSSR count). The van der Waals surface area contributed by atoms with Crippen LogP contribution in [0.15, 0.2) is 0 Å². The van der Waals surface area contributed by atoms with E-state index < -0.39 is 5.97 Å². The molecule has 0 atom stereocenters. The minimum Gasteiger partial charge on any atom is -0.460 e. The molecule has 0 radical (unpaired) electrons. The monoisotopic (exact) mass is 226 g/mol. The van der Waals surface area contributed by atoms with Gasteiger partial charge in [-0.3, -0.25) is 0 Å². The Balaban J connectivity index is 2.53. The van der Waals surface area contributed by atoms with Crippen molar-refractivity contribution < 1.29 is 9.53 Å². The molecule has 0 saturated carbocycles. The maximum atomic E-state index is 11.4. The molecule has 0 spiro atoms. The quantitative estimate of drug-likeness (QED) is 0.683. The van der Waals surface area contributed by atoms with E-state index in [-0.39, 0.29) is 5.82 Å². The van der Waals surface area contributed by atoms with Gasteiger partial charge in [0.25, 0.3) is 5.82 Å². The Morgan fingerprint density at radius 3 is 2.88 bits per heavy atom. The number of carbonyl (C=O) groups is 1. The molecule has 0 aliphatic heterocycles. The van der Waals surface area contributed by atoms with E-state index in [1.54, 1.807) is 6.92 Å². The number of hydrogen-bond donors (Lipinski definition) is 0. The summed E-state index contributed by atoms with van der Waals surface area (Å²) in [6.45, 7) is 7.06. The van der Waals surface area contributed by atoms with Crippen LogP contribution in [0, 0.1) is 5.92 Å². The maximum Gasteiger partial charge on any atom is 0.378 e. The molecule has 0 N–H and O–H groups in total. The summed E-state index contributed by atoms with van der Waals surface area (Å²) in [6.07, 6.45) is 2.04. The average Bonchev–Trinajstić information content (AvgIpc) is 2.66. The van der Waals surface area contributed by atoms with Gasteiger partial charge in [-0.05, 0) is 36.1 Å². The number of ether oxygens (including phenoxy) is 1. The van der Waals surface area contributed by atoms with Crippen molar-refractivity contribution in [1.82, 2.24) is 20.2 Å². The van der Waals surface area contributed by atoms with Gasteiger partial charge in [-0.15, -0.1) is 5.10 Å². The summed E-state index contributed by atoms with van der Waals surface area (Å²) in [5.74, 6) is 0.366. The van der Waals surface area contributed by atoms with Gasteiger partial charge < -0.3 is 4.74 Å². The molecule has 0 aromatic carbocycles. The first kappa shape index (κ1) is 12.6. The van der Waals surface area contributed by atoms with Crippen molar-refractivity contribution in [3.8, 4) is 0 Å². The van der Waals surface area contributed by atoms with Crippen molar-refractivity contribution in [1.29, 1.82) is 0 Å². The third-order valence-corrected chi connectivity index (χ3v) is 2.14. The third-order valence-electron chi connectivity index (χ3n) is 2.14. The number of hydrogen-bond acceptors (Lipinski definition) is 5. The van der Waals surface area contributed by atoms with Crippen molar-refractivity contribution in [2.75, 3.05) is 6.61 Å². The number of aromatic nitrogens is 4. The molecule has 0 aliphatic rings. The number of tetrazole rings is 1. The molecule has 0 unspecified atom stereocenters. The zero-order valence-corrected chi connectivity index (χ0v) is 10.0. The van der Waals surface area contributed by atoms with Crippen LogP contribution in [0.25, 0.3) is 0 Å². The lowest BCUT2D eigenvalue weighted by Crippen LogP contribution is -2.15. The van der Waals surface area contributed by atoms with E-state index in [2.05, 4.69) is 29.4 Å². The van der Waals surface area contributed by atoms with Crippen LogP contribution in [-0.4, -0.2) is 32.8 Å². The number of carbonyl (C=O) groups excluding carboxylic acids is 1. The van der Waals surface area contributed by atoms with Gasteiger partial charge in [0.05, 0.1) is 6.61 Å². The summed E-state index contributed by atoms with van der Waals surface area (Å²) >= 11 is 0. The van der Waals surface area contributed by atoms with Crippen LogP contribution >= 0.6 is 0 Å². The van der Waals surface area contributed by atoms with E-state index in [4.69, 9.17) is 4.74 Å². The lowest BCUT2D eigenvalue weighted by atomic mass is 10.1. The second-order valence-corrected chi connectivity index (χ2v) is 3.98. The minimum atomic E-state index is -0.461. The van der Waals surface area contributed by atoms with E-state index in [1.807, 2.05) is 0 Å². The molecule has 0 saturated heterocycles. The van der Waals surface area contributed by atoms with Gasteiger partial charge in [-0.1, -0.05) is 13.8 Å². The smallest absolute Gasteiger partial charge is 0.378 e. The lowest BCUT2D eigenvalue weighted by Gasteiger charge is -2.05. The topological polar surface area (TPSA) is 69.9 Å². The van der Waals surface area contributed by atoms with Crippen LogP contribution in [-0.2, 0) is 11.3 Å². The summed E-state index contributed by atoms with van der Waals surface area (Å²) in [6, 6.07) is 0. The van der Waals surface area contributed by atoms with E-state index in [1.165, 1.54) is 4.68 Å². The van der Waals surface area contributed by atoms with Crippen molar-refractivity contribution in [2.45, 2.75) is 40.2 Å². The van der Waals surface area contributed by atoms with Crippen LogP contribution < -0.4 is 0 Å². The third kappa shape index (κ3) is 3.60. The Bertz CT molecular complexity index is 335. The normalized spacial score (nSPS) is 10.8.